The van der Waals surface area contributed by atoms with Gasteiger partial charge in [-0.25, -0.2) is 0 Å². The molecule has 2 fully saturated rings. The highest BCUT2D eigenvalue weighted by Gasteiger charge is 2.25. The van der Waals surface area contributed by atoms with Gasteiger partial charge in [-0.2, -0.15) is 0 Å². The number of carbonyl (C=O) groups excluding carboxylic acids is 1. The molecular weight excluding hydrogens is 469 g/mol. The molecule has 1 aromatic heterocycles. The van der Waals surface area contributed by atoms with Gasteiger partial charge in [-0.1, -0.05) is 13.3 Å². The van der Waals surface area contributed by atoms with E-state index in [-0.39, 0.29) is 29.9 Å². The van der Waals surface area contributed by atoms with Gasteiger partial charge in [-0.05, 0) is 31.4 Å². The van der Waals surface area contributed by atoms with Crippen molar-refractivity contribution >= 4 is 35.8 Å². The molecule has 1 aromatic rings. The van der Waals surface area contributed by atoms with E-state index in [9.17, 15) is 4.79 Å². The van der Waals surface area contributed by atoms with Crippen molar-refractivity contribution < 1.29 is 9.21 Å². The van der Waals surface area contributed by atoms with Crippen LogP contribution < -0.4 is 10.6 Å². The average molecular weight is 503 g/mol. The maximum Gasteiger partial charge on any atom is 0.234 e. The van der Waals surface area contributed by atoms with Gasteiger partial charge in [-0.15, -0.1) is 24.0 Å². The molecule has 0 aromatic carbocycles. The summed E-state index contributed by atoms with van der Waals surface area (Å²) in [5.74, 6) is 2.14. The molecule has 0 spiro atoms. The smallest absolute Gasteiger partial charge is 0.234 e. The number of hydrogen-bond acceptors (Lipinski definition) is 4. The van der Waals surface area contributed by atoms with Gasteiger partial charge in [0.15, 0.2) is 5.96 Å². The summed E-state index contributed by atoms with van der Waals surface area (Å²) < 4.78 is 5.40. The second-order valence-corrected chi connectivity index (χ2v) is 7.42. The van der Waals surface area contributed by atoms with Crippen molar-refractivity contribution in [2.24, 2.45) is 4.99 Å². The molecule has 8 heteroatoms. The normalized spacial score (nSPS) is 17.9. The number of amides is 1. The predicted octanol–water partition coefficient (Wildman–Crippen LogP) is 2.08. The quantitative estimate of drug-likeness (QED) is 0.234. The molecule has 0 atom stereocenters. The Morgan fingerprint density at radius 1 is 1.29 bits per heavy atom. The van der Waals surface area contributed by atoms with Gasteiger partial charge < -0.3 is 20.0 Å². The number of nitrogens with zero attached hydrogens (tertiary/aromatic N) is 3. The number of halogens is 1. The van der Waals surface area contributed by atoms with E-state index in [1.165, 1.54) is 0 Å². The first-order valence-electron chi connectivity index (χ1n) is 10.3. The van der Waals surface area contributed by atoms with Crippen LogP contribution in [0.25, 0.3) is 0 Å². The summed E-state index contributed by atoms with van der Waals surface area (Å²) in [5, 5.41) is 6.57. The highest BCUT2D eigenvalue weighted by Crippen LogP contribution is 2.18. The van der Waals surface area contributed by atoms with Crippen LogP contribution in [0.4, 0.5) is 0 Å². The lowest BCUT2D eigenvalue weighted by molar-refractivity contribution is -0.122. The van der Waals surface area contributed by atoms with Crippen LogP contribution >= 0.6 is 24.0 Å². The summed E-state index contributed by atoms with van der Waals surface area (Å²) in [5.41, 5.74) is 0. The van der Waals surface area contributed by atoms with Crippen molar-refractivity contribution in [2.45, 2.75) is 45.1 Å². The SMILES string of the molecule is CCCCN=C(NCCc1ccco1)N1CCN(CC(=O)NC2CC2)CC1.I. The molecule has 1 saturated heterocycles. The van der Waals surface area contributed by atoms with E-state index in [0.29, 0.717) is 12.6 Å². The minimum Gasteiger partial charge on any atom is -0.469 e. The summed E-state index contributed by atoms with van der Waals surface area (Å²) in [7, 11) is 0. The van der Waals surface area contributed by atoms with Gasteiger partial charge in [0.2, 0.25) is 5.91 Å². The molecule has 1 aliphatic carbocycles. The average Bonchev–Trinajstić information content (AvgIpc) is 3.32. The van der Waals surface area contributed by atoms with Gasteiger partial charge in [0.05, 0.1) is 12.8 Å². The Hall–Kier alpha value is -1.29. The summed E-state index contributed by atoms with van der Waals surface area (Å²) in [6, 6.07) is 4.36. The number of furan rings is 1. The van der Waals surface area contributed by atoms with Crippen molar-refractivity contribution in [2.75, 3.05) is 45.8 Å². The zero-order valence-electron chi connectivity index (χ0n) is 16.9. The molecule has 1 saturated carbocycles. The van der Waals surface area contributed by atoms with Crippen LogP contribution in [0.2, 0.25) is 0 Å². The number of nitrogens with one attached hydrogen (secondary N) is 2. The molecule has 1 amide bonds. The molecule has 158 valence electrons. The fourth-order valence-corrected chi connectivity index (χ4v) is 3.18. The number of piperazine rings is 1. The van der Waals surface area contributed by atoms with Crippen molar-refractivity contribution in [3.63, 3.8) is 0 Å². The minimum absolute atomic E-state index is 0. The Morgan fingerprint density at radius 2 is 2.07 bits per heavy atom. The molecule has 1 aliphatic heterocycles. The number of hydrogen-bond donors (Lipinski definition) is 2. The lowest BCUT2D eigenvalue weighted by Crippen LogP contribution is -2.54. The number of rotatable bonds is 9. The summed E-state index contributed by atoms with van der Waals surface area (Å²) >= 11 is 0. The van der Waals surface area contributed by atoms with Crippen LogP contribution in [-0.4, -0.2) is 73.5 Å². The Labute approximate surface area is 185 Å². The Kier molecular flexibility index (Phi) is 10.1. The molecule has 0 bridgehead atoms. The fraction of sp³-hybridized carbons (Fsp3) is 0.700. The Bertz CT molecular complexity index is 596. The second-order valence-electron chi connectivity index (χ2n) is 7.42. The van der Waals surface area contributed by atoms with Gasteiger partial charge in [0, 0.05) is 51.7 Å². The molecule has 0 radical (unpaired) electrons. The van der Waals surface area contributed by atoms with E-state index in [1.807, 2.05) is 12.1 Å². The van der Waals surface area contributed by atoms with Crippen LogP contribution in [-0.2, 0) is 11.2 Å². The maximum absolute atomic E-state index is 12.0. The molecule has 3 rings (SSSR count). The third kappa shape index (κ3) is 7.98. The Morgan fingerprint density at radius 3 is 2.71 bits per heavy atom. The van der Waals surface area contributed by atoms with Crippen LogP contribution in [0.5, 0.6) is 0 Å². The van der Waals surface area contributed by atoms with Crippen molar-refractivity contribution in [3.8, 4) is 0 Å². The van der Waals surface area contributed by atoms with Crippen LogP contribution in [0.3, 0.4) is 0 Å². The summed E-state index contributed by atoms with van der Waals surface area (Å²) in [6.07, 6.45) is 7.09. The third-order valence-corrected chi connectivity index (χ3v) is 4.99. The first-order valence-corrected chi connectivity index (χ1v) is 10.3. The highest BCUT2D eigenvalue weighted by molar-refractivity contribution is 14.0. The molecule has 0 unspecified atom stereocenters. The maximum atomic E-state index is 12.0. The largest absolute Gasteiger partial charge is 0.469 e. The van der Waals surface area contributed by atoms with E-state index in [1.54, 1.807) is 6.26 Å². The van der Waals surface area contributed by atoms with Crippen molar-refractivity contribution in [1.29, 1.82) is 0 Å². The van der Waals surface area contributed by atoms with E-state index >= 15 is 0 Å². The molecular formula is C20H34IN5O2. The number of carbonyl (C=O) groups is 1. The fourth-order valence-electron chi connectivity index (χ4n) is 3.18. The number of unbranched alkanes of at least 4 members (excludes halogenated alkanes) is 1. The van der Waals surface area contributed by atoms with Crippen molar-refractivity contribution in [3.05, 3.63) is 24.2 Å². The van der Waals surface area contributed by atoms with E-state index in [0.717, 1.165) is 83.1 Å². The first-order chi connectivity index (χ1) is 13.2. The van der Waals surface area contributed by atoms with Gasteiger partial charge in [0.25, 0.3) is 0 Å². The molecule has 28 heavy (non-hydrogen) atoms. The Balaban J connectivity index is 0.00000280. The molecule has 7 nitrogen and oxygen atoms in total. The van der Waals surface area contributed by atoms with Crippen LogP contribution in [0.15, 0.2) is 27.8 Å². The lowest BCUT2D eigenvalue weighted by Gasteiger charge is -2.36. The summed E-state index contributed by atoms with van der Waals surface area (Å²) in [4.78, 5) is 21.3. The summed E-state index contributed by atoms with van der Waals surface area (Å²) in [6.45, 7) is 7.94. The van der Waals surface area contributed by atoms with Crippen molar-refractivity contribution in [1.82, 2.24) is 20.4 Å². The standard InChI is InChI=1S/C20H33N5O2.HI/c1-2-3-9-21-20(22-10-8-18-5-4-15-27-18)25-13-11-24(12-14-25)16-19(26)23-17-6-7-17;/h4-5,15,17H,2-3,6-14,16H2,1H3,(H,21,22)(H,23,26);1H. The number of aliphatic imine (C=N–C) groups is 1. The number of guanidine groups is 1. The zero-order valence-corrected chi connectivity index (χ0v) is 19.2. The third-order valence-electron chi connectivity index (χ3n) is 4.99. The van der Waals surface area contributed by atoms with Gasteiger partial charge in [-0.3, -0.25) is 14.7 Å². The minimum atomic E-state index is 0. The van der Waals surface area contributed by atoms with Crippen LogP contribution in [0.1, 0.15) is 38.4 Å². The zero-order chi connectivity index (χ0) is 18.9. The lowest BCUT2D eigenvalue weighted by atomic mass is 10.3. The predicted molar refractivity (Wildman–Crippen MR) is 122 cm³/mol. The van der Waals surface area contributed by atoms with Gasteiger partial charge >= 0.3 is 0 Å². The monoisotopic (exact) mass is 503 g/mol. The topological polar surface area (TPSA) is 73.1 Å². The van der Waals surface area contributed by atoms with Gasteiger partial charge in [0.1, 0.15) is 5.76 Å². The van der Waals surface area contributed by atoms with Crippen LogP contribution in [0, 0.1) is 0 Å². The molecule has 2 heterocycles. The van der Waals surface area contributed by atoms with E-state index < -0.39 is 0 Å². The highest BCUT2D eigenvalue weighted by atomic mass is 127. The first kappa shape index (κ1) is 23.0. The molecule has 2 N–H and O–H groups in total. The van der Waals surface area contributed by atoms with E-state index in [4.69, 9.17) is 9.41 Å². The second kappa shape index (κ2) is 12.3. The molecule has 2 aliphatic rings. The van der Waals surface area contributed by atoms with E-state index in [2.05, 4.69) is 27.4 Å².